The number of fused-ring (bicyclic) bond motifs is 1. The minimum absolute atomic E-state index is 0.124. The number of primary amides is 1. The highest BCUT2D eigenvalue weighted by molar-refractivity contribution is 8.00. The standard InChI is InChI=1S/C13H11N3OS/c1-8-2-3-11-9(4-8)5-10(6-14)13(16-11)18-7-12(15)17/h2-5H,7H2,1H3,(H2,15,17). The highest BCUT2D eigenvalue weighted by Gasteiger charge is 2.08. The molecule has 1 amide bonds. The van der Waals surface area contributed by atoms with Crippen LogP contribution in [0.3, 0.4) is 0 Å². The maximum absolute atomic E-state index is 10.8. The lowest BCUT2D eigenvalue weighted by Gasteiger charge is -2.05. The first-order chi connectivity index (χ1) is 8.60. The molecular weight excluding hydrogens is 246 g/mol. The van der Waals surface area contributed by atoms with Crippen LogP contribution >= 0.6 is 11.8 Å². The van der Waals surface area contributed by atoms with Crippen LogP contribution < -0.4 is 5.73 Å². The molecule has 0 unspecified atom stereocenters. The molecule has 0 aliphatic rings. The fourth-order valence-electron chi connectivity index (χ4n) is 1.61. The number of nitrogens with two attached hydrogens (primary N) is 1. The highest BCUT2D eigenvalue weighted by Crippen LogP contribution is 2.24. The summed E-state index contributed by atoms with van der Waals surface area (Å²) in [7, 11) is 0. The zero-order valence-electron chi connectivity index (χ0n) is 9.80. The van der Waals surface area contributed by atoms with Gasteiger partial charge in [-0.1, -0.05) is 23.4 Å². The molecule has 2 N–H and O–H groups in total. The number of rotatable bonds is 3. The average molecular weight is 257 g/mol. The molecule has 18 heavy (non-hydrogen) atoms. The molecule has 0 bridgehead atoms. The van der Waals surface area contributed by atoms with Crippen LogP contribution in [-0.2, 0) is 4.79 Å². The van der Waals surface area contributed by atoms with Crippen molar-refractivity contribution in [2.75, 3.05) is 5.75 Å². The number of aryl methyl sites for hydroxylation is 1. The predicted molar refractivity (Wildman–Crippen MR) is 71.1 cm³/mol. The monoisotopic (exact) mass is 257 g/mol. The van der Waals surface area contributed by atoms with E-state index in [1.165, 1.54) is 11.8 Å². The second kappa shape index (κ2) is 5.07. The van der Waals surface area contributed by atoms with Gasteiger partial charge in [0.2, 0.25) is 5.91 Å². The van der Waals surface area contributed by atoms with Crippen LogP contribution in [0.1, 0.15) is 11.1 Å². The van der Waals surface area contributed by atoms with Crippen LogP contribution in [0.25, 0.3) is 10.9 Å². The van der Waals surface area contributed by atoms with Crippen molar-refractivity contribution < 1.29 is 4.79 Å². The van der Waals surface area contributed by atoms with Gasteiger partial charge < -0.3 is 5.73 Å². The average Bonchev–Trinajstić information content (AvgIpc) is 2.35. The molecule has 0 spiro atoms. The van der Waals surface area contributed by atoms with E-state index < -0.39 is 5.91 Å². The number of benzene rings is 1. The van der Waals surface area contributed by atoms with E-state index in [-0.39, 0.29) is 5.75 Å². The predicted octanol–water partition coefficient (Wildman–Crippen LogP) is 1.99. The van der Waals surface area contributed by atoms with E-state index in [1.54, 1.807) is 6.07 Å². The van der Waals surface area contributed by atoms with Gasteiger partial charge in [-0.05, 0) is 25.1 Å². The molecule has 1 aromatic heterocycles. The first-order valence-corrected chi connectivity index (χ1v) is 6.31. The lowest BCUT2D eigenvalue weighted by atomic mass is 10.1. The van der Waals surface area contributed by atoms with Gasteiger partial charge in [0.05, 0.1) is 16.8 Å². The van der Waals surface area contributed by atoms with Crippen molar-refractivity contribution in [1.82, 2.24) is 4.98 Å². The molecule has 0 atom stereocenters. The summed E-state index contributed by atoms with van der Waals surface area (Å²) in [6.45, 7) is 1.99. The second-order valence-corrected chi connectivity index (χ2v) is 4.87. The number of aromatic nitrogens is 1. The maximum Gasteiger partial charge on any atom is 0.227 e. The fraction of sp³-hybridized carbons (Fsp3) is 0.154. The lowest BCUT2D eigenvalue weighted by molar-refractivity contribution is -0.115. The minimum Gasteiger partial charge on any atom is -0.369 e. The number of amides is 1. The molecule has 0 saturated heterocycles. The van der Waals surface area contributed by atoms with Gasteiger partial charge in [0.15, 0.2) is 0 Å². The first-order valence-electron chi connectivity index (χ1n) is 5.33. The Hall–Kier alpha value is -2.06. The quantitative estimate of drug-likeness (QED) is 0.853. The number of carbonyl (C=O) groups excluding carboxylic acids is 1. The normalized spacial score (nSPS) is 10.2. The maximum atomic E-state index is 10.8. The summed E-state index contributed by atoms with van der Waals surface area (Å²) in [6.07, 6.45) is 0. The molecule has 0 radical (unpaired) electrons. The summed E-state index contributed by atoms with van der Waals surface area (Å²) in [6, 6.07) is 9.73. The summed E-state index contributed by atoms with van der Waals surface area (Å²) in [5.41, 5.74) is 7.49. The van der Waals surface area contributed by atoms with Crippen molar-refractivity contribution >= 4 is 28.6 Å². The van der Waals surface area contributed by atoms with Crippen LogP contribution in [0.5, 0.6) is 0 Å². The van der Waals surface area contributed by atoms with Crippen LogP contribution in [-0.4, -0.2) is 16.6 Å². The molecule has 1 heterocycles. The summed E-state index contributed by atoms with van der Waals surface area (Å²) < 4.78 is 0. The molecule has 5 heteroatoms. The lowest BCUT2D eigenvalue weighted by Crippen LogP contribution is -2.13. The van der Waals surface area contributed by atoms with Crippen LogP contribution in [0.15, 0.2) is 29.3 Å². The SMILES string of the molecule is Cc1ccc2nc(SCC(N)=O)c(C#N)cc2c1. The Bertz CT molecular complexity index is 661. The van der Waals surface area contributed by atoms with E-state index in [0.717, 1.165) is 16.5 Å². The number of hydrogen-bond donors (Lipinski definition) is 1. The molecule has 0 aliphatic heterocycles. The van der Waals surface area contributed by atoms with Crippen molar-refractivity contribution in [2.45, 2.75) is 11.9 Å². The molecule has 2 aromatic rings. The number of hydrogen-bond acceptors (Lipinski definition) is 4. The van der Waals surface area contributed by atoms with Gasteiger partial charge >= 0.3 is 0 Å². The third-order valence-electron chi connectivity index (χ3n) is 2.41. The summed E-state index contributed by atoms with van der Waals surface area (Å²) in [5, 5.41) is 10.6. The van der Waals surface area contributed by atoms with Crippen molar-refractivity contribution in [1.29, 1.82) is 5.26 Å². The molecule has 1 aromatic carbocycles. The molecule has 90 valence electrons. The van der Waals surface area contributed by atoms with Crippen LogP contribution in [0.2, 0.25) is 0 Å². The van der Waals surface area contributed by atoms with Gasteiger partial charge in [0.25, 0.3) is 0 Å². The van der Waals surface area contributed by atoms with Crippen molar-refractivity contribution in [2.24, 2.45) is 5.73 Å². The summed E-state index contributed by atoms with van der Waals surface area (Å²) in [4.78, 5) is 15.2. The van der Waals surface area contributed by atoms with Gasteiger partial charge in [-0.15, -0.1) is 0 Å². The second-order valence-electron chi connectivity index (χ2n) is 3.90. The summed E-state index contributed by atoms with van der Waals surface area (Å²) >= 11 is 1.19. The van der Waals surface area contributed by atoms with E-state index in [2.05, 4.69) is 11.1 Å². The Balaban J connectivity index is 2.49. The van der Waals surface area contributed by atoms with Gasteiger partial charge in [-0.25, -0.2) is 4.98 Å². The Kier molecular flexibility index (Phi) is 3.49. The number of nitrogens with zero attached hydrogens (tertiary/aromatic N) is 2. The van der Waals surface area contributed by atoms with E-state index >= 15 is 0 Å². The van der Waals surface area contributed by atoms with Gasteiger partial charge in [0, 0.05) is 5.39 Å². The molecular formula is C13H11N3OS. The first kappa shape index (κ1) is 12.4. The van der Waals surface area contributed by atoms with Crippen molar-refractivity contribution in [3.05, 3.63) is 35.4 Å². The largest absolute Gasteiger partial charge is 0.369 e. The van der Waals surface area contributed by atoms with E-state index in [1.807, 2.05) is 25.1 Å². The molecule has 0 fully saturated rings. The highest BCUT2D eigenvalue weighted by atomic mass is 32.2. The third-order valence-corrected chi connectivity index (χ3v) is 3.42. The zero-order valence-corrected chi connectivity index (χ0v) is 10.6. The summed E-state index contributed by atoms with van der Waals surface area (Å²) in [5.74, 6) is -0.298. The van der Waals surface area contributed by atoms with E-state index in [4.69, 9.17) is 11.0 Å². The van der Waals surface area contributed by atoms with Crippen LogP contribution in [0.4, 0.5) is 0 Å². The van der Waals surface area contributed by atoms with E-state index in [0.29, 0.717) is 10.6 Å². The smallest absolute Gasteiger partial charge is 0.227 e. The Labute approximate surface area is 109 Å². The van der Waals surface area contributed by atoms with Gasteiger partial charge in [-0.3, -0.25) is 4.79 Å². The molecule has 4 nitrogen and oxygen atoms in total. The van der Waals surface area contributed by atoms with E-state index in [9.17, 15) is 4.79 Å². The number of nitriles is 1. The number of thioether (sulfide) groups is 1. The Morgan fingerprint density at radius 2 is 2.28 bits per heavy atom. The minimum atomic E-state index is -0.422. The number of pyridine rings is 1. The molecule has 2 rings (SSSR count). The molecule has 0 aliphatic carbocycles. The Morgan fingerprint density at radius 1 is 1.50 bits per heavy atom. The van der Waals surface area contributed by atoms with Crippen LogP contribution in [0, 0.1) is 18.3 Å². The zero-order chi connectivity index (χ0) is 13.1. The van der Waals surface area contributed by atoms with Gasteiger partial charge in [0.1, 0.15) is 11.1 Å². The van der Waals surface area contributed by atoms with Crippen molar-refractivity contribution in [3.8, 4) is 6.07 Å². The number of carbonyl (C=O) groups is 1. The topological polar surface area (TPSA) is 79.8 Å². The van der Waals surface area contributed by atoms with Crippen molar-refractivity contribution in [3.63, 3.8) is 0 Å². The van der Waals surface area contributed by atoms with Gasteiger partial charge in [-0.2, -0.15) is 5.26 Å². The molecule has 0 saturated carbocycles. The third kappa shape index (κ3) is 2.60. The fourth-order valence-corrected chi connectivity index (χ4v) is 2.31. The Morgan fingerprint density at radius 3 is 2.94 bits per heavy atom.